The fourth-order valence-corrected chi connectivity index (χ4v) is 2.17. The summed E-state index contributed by atoms with van der Waals surface area (Å²) >= 11 is 6.05. The maximum absolute atomic E-state index is 6.05. The number of ether oxygens (including phenoxy) is 1. The van der Waals surface area contributed by atoms with E-state index in [1.807, 2.05) is 31.2 Å². The van der Waals surface area contributed by atoms with E-state index in [4.69, 9.17) is 16.3 Å². The maximum Gasteiger partial charge on any atom is 0.128 e. The standard InChI is InChI=1S/C18H18ClNO/c1-4-9-21-18-8-6-16(19)11-15(18)12-20-17-7-5-13(2)10-14(17)3/h4-8,10-12H,1,9H2,2-3H3. The number of aliphatic imine (C=N–C) groups is 1. The average molecular weight is 300 g/mol. The van der Waals surface area contributed by atoms with Crippen molar-refractivity contribution in [3.63, 3.8) is 0 Å². The zero-order valence-electron chi connectivity index (χ0n) is 12.3. The molecule has 2 aromatic carbocycles. The fourth-order valence-electron chi connectivity index (χ4n) is 1.99. The lowest BCUT2D eigenvalue weighted by Crippen LogP contribution is -1.97. The van der Waals surface area contributed by atoms with Crippen molar-refractivity contribution in [1.82, 2.24) is 0 Å². The second-order valence-corrected chi connectivity index (χ2v) is 5.27. The van der Waals surface area contributed by atoms with E-state index in [1.165, 1.54) is 5.56 Å². The summed E-state index contributed by atoms with van der Waals surface area (Å²) in [5.41, 5.74) is 4.16. The van der Waals surface area contributed by atoms with E-state index in [1.54, 1.807) is 18.4 Å². The molecule has 0 unspecified atom stereocenters. The second-order valence-electron chi connectivity index (χ2n) is 4.83. The highest BCUT2D eigenvalue weighted by atomic mass is 35.5. The molecule has 0 N–H and O–H groups in total. The molecule has 0 aliphatic rings. The Bertz CT molecular complexity index is 677. The molecule has 0 spiro atoms. The van der Waals surface area contributed by atoms with Crippen LogP contribution < -0.4 is 4.74 Å². The van der Waals surface area contributed by atoms with E-state index in [-0.39, 0.29) is 0 Å². The van der Waals surface area contributed by atoms with Gasteiger partial charge >= 0.3 is 0 Å². The summed E-state index contributed by atoms with van der Waals surface area (Å²) in [5.74, 6) is 0.743. The normalized spacial score (nSPS) is 10.8. The molecule has 0 saturated heterocycles. The van der Waals surface area contributed by atoms with E-state index in [9.17, 15) is 0 Å². The minimum atomic E-state index is 0.450. The largest absolute Gasteiger partial charge is 0.489 e. The van der Waals surface area contributed by atoms with Crippen molar-refractivity contribution in [2.75, 3.05) is 6.61 Å². The molecular formula is C18H18ClNO. The van der Waals surface area contributed by atoms with Gasteiger partial charge in [-0.1, -0.05) is 42.0 Å². The lowest BCUT2D eigenvalue weighted by molar-refractivity contribution is 0.363. The van der Waals surface area contributed by atoms with Crippen LogP contribution in [0.4, 0.5) is 5.69 Å². The Morgan fingerprint density at radius 2 is 2.00 bits per heavy atom. The van der Waals surface area contributed by atoms with Gasteiger partial charge in [-0.2, -0.15) is 0 Å². The third-order valence-electron chi connectivity index (χ3n) is 3.02. The van der Waals surface area contributed by atoms with Gasteiger partial charge in [0.2, 0.25) is 0 Å². The molecule has 0 amide bonds. The minimum absolute atomic E-state index is 0.450. The van der Waals surface area contributed by atoms with Crippen molar-refractivity contribution in [2.24, 2.45) is 4.99 Å². The van der Waals surface area contributed by atoms with E-state index < -0.39 is 0 Å². The molecule has 0 aliphatic carbocycles. The van der Waals surface area contributed by atoms with Crippen molar-refractivity contribution < 1.29 is 4.74 Å². The first kappa shape index (κ1) is 15.3. The highest BCUT2D eigenvalue weighted by Gasteiger charge is 2.03. The van der Waals surface area contributed by atoms with Gasteiger partial charge in [-0.3, -0.25) is 4.99 Å². The van der Waals surface area contributed by atoms with E-state index in [0.29, 0.717) is 11.6 Å². The van der Waals surface area contributed by atoms with Gasteiger partial charge in [-0.05, 0) is 43.7 Å². The van der Waals surface area contributed by atoms with E-state index in [0.717, 1.165) is 22.6 Å². The van der Waals surface area contributed by atoms with Crippen LogP contribution in [-0.2, 0) is 0 Å². The Labute approximate surface area is 130 Å². The first-order valence-electron chi connectivity index (χ1n) is 6.74. The number of benzene rings is 2. The van der Waals surface area contributed by atoms with Gasteiger partial charge < -0.3 is 4.74 Å². The van der Waals surface area contributed by atoms with Crippen LogP contribution in [0.3, 0.4) is 0 Å². The monoisotopic (exact) mass is 299 g/mol. The molecule has 21 heavy (non-hydrogen) atoms. The van der Waals surface area contributed by atoms with Crippen LogP contribution in [0.1, 0.15) is 16.7 Å². The molecule has 0 atom stereocenters. The molecule has 0 aromatic heterocycles. The molecule has 3 heteroatoms. The van der Waals surface area contributed by atoms with Crippen LogP contribution in [0.25, 0.3) is 0 Å². The van der Waals surface area contributed by atoms with Crippen molar-refractivity contribution >= 4 is 23.5 Å². The molecule has 2 rings (SSSR count). The van der Waals surface area contributed by atoms with Crippen LogP contribution in [0.2, 0.25) is 5.02 Å². The number of hydrogen-bond donors (Lipinski definition) is 0. The molecule has 108 valence electrons. The highest BCUT2D eigenvalue weighted by Crippen LogP contribution is 2.24. The Morgan fingerprint density at radius 1 is 1.19 bits per heavy atom. The second kappa shape index (κ2) is 7.09. The molecule has 2 nitrogen and oxygen atoms in total. The first-order chi connectivity index (χ1) is 10.1. The smallest absolute Gasteiger partial charge is 0.128 e. The summed E-state index contributed by atoms with van der Waals surface area (Å²) in [7, 11) is 0. The molecule has 0 saturated carbocycles. The highest BCUT2D eigenvalue weighted by molar-refractivity contribution is 6.30. The zero-order valence-corrected chi connectivity index (χ0v) is 13.0. The van der Waals surface area contributed by atoms with Gasteiger partial charge in [-0.15, -0.1) is 0 Å². The minimum Gasteiger partial charge on any atom is -0.489 e. The molecule has 0 heterocycles. The van der Waals surface area contributed by atoms with Crippen LogP contribution in [-0.4, -0.2) is 12.8 Å². The SMILES string of the molecule is C=CCOc1ccc(Cl)cc1C=Nc1ccc(C)cc1C. The van der Waals surface area contributed by atoms with Crippen molar-refractivity contribution in [2.45, 2.75) is 13.8 Å². The van der Waals surface area contributed by atoms with Gasteiger partial charge in [-0.25, -0.2) is 0 Å². The molecule has 0 bridgehead atoms. The van der Waals surface area contributed by atoms with Gasteiger partial charge in [0.05, 0.1) is 5.69 Å². The predicted octanol–water partition coefficient (Wildman–Crippen LogP) is 5.27. The molecule has 0 fully saturated rings. The first-order valence-corrected chi connectivity index (χ1v) is 7.12. The molecule has 0 aliphatic heterocycles. The van der Waals surface area contributed by atoms with Crippen molar-refractivity contribution in [3.05, 3.63) is 70.8 Å². The van der Waals surface area contributed by atoms with E-state index in [2.05, 4.69) is 24.6 Å². The number of halogens is 1. The van der Waals surface area contributed by atoms with Crippen molar-refractivity contribution in [1.29, 1.82) is 0 Å². The molecule has 0 radical (unpaired) electrons. The molecular weight excluding hydrogens is 282 g/mol. The Balaban J connectivity index is 2.30. The summed E-state index contributed by atoms with van der Waals surface area (Å²) in [6.45, 7) is 8.22. The topological polar surface area (TPSA) is 21.6 Å². The quantitative estimate of drug-likeness (QED) is 0.544. The van der Waals surface area contributed by atoms with Crippen LogP contribution in [0.5, 0.6) is 5.75 Å². The van der Waals surface area contributed by atoms with Crippen LogP contribution in [0, 0.1) is 13.8 Å². The summed E-state index contributed by atoms with van der Waals surface area (Å²) in [5, 5.41) is 0.656. The predicted molar refractivity (Wildman–Crippen MR) is 90.3 cm³/mol. The van der Waals surface area contributed by atoms with Gasteiger partial charge in [0, 0.05) is 16.8 Å². The summed E-state index contributed by atoms with van der Waals surface area (Å²) in [6.07, 6.45) is 3.49. The van der Waals surface area contributed by atoms with Gasteiger partial charge in [0.15, 0.2) is 0 Å². The van der Waals surface area contributed by atoms with Gasteiger partial charge in [0.1, 0.15) is 12.4 Å². The van der Waals surface area contributed by atoms with Crippen LogP contribution >= 0.6 is 11.6 Å². The third kappa shape index (κ3) is 4.20. The number of aryl methyl sites for hydroxylation is 2. The Hall–Kier alpha value is -2.06. The summed E-state index contributed by atoms with van der Waals surface area (Å²) < 4.78 is 5.61. The number of hydrogen-bond acceptors (Lipinski definition) is 2. The Kier molecular flexibility index (Phi) is 5.18. The zero-order chi connectivity index (χ0) is 15.2. The average Bonchev–Trinajstić information content (AvgIpc) is 2.45. The third-order valence-corrected chi connectivity index (χ3v) is 3.26. The molecule has 2 aromatic rings. The van der Waals surface area contributed by atoms with E-state index >= 15 is 0 Å². The van der Waals surface area contributed by atoms with Crippen LogP contribution in [0.15, 0.2) is 54.0 Å². The maximum atomic E-state index is 6.05. The van der Waals surface area contributed by atoms with Crippen molar-refractivity contribution in [3.8, 4) is 5.75 Å². The lowest BCUT2D eigenvalue weighted by atomic mass is 10.1. The fraction of sp³-hybridized carbons (Fsp3) is 0.167. The summed E-state index contributed by atoms with van der Waals surface area (Å²) in [4.78, 5) is 4.54. The number of rotatable bonds is 5. The Morgan fingerprint density at radius 3 is 2.71 bits per heavy atom. The van der Waals surface area contributed by atoms with Gasteiger partial charge in [0.25, 0.3) is 0 Å². The summed E-state index contributed by atoms with van der Waals surface area (Å²) in [6, 6.07) is 11.7. The lowest BCUT2D eigenvalue weighted by Gasteiger charge is -2.07. The number of nitrogens with zero attached hydrogens (tertiary/aromatic N) is 1.